The van der Waals surface area contributed by atoms with Gasteiger partial charge in [-0.25, -0.2) is 9.37 Å². The first-order valence-corrected chi connectivity index (χ1v) is 5.38. The van der Waals surface area contributed by atoms with Gasteiger partial charge in [-0.1, -0.05) is 6.08 Å². The molecule has 3 rings (SSSR count). The van der Waals surface area contributed by atoms with Gasteiger partial charge in [0.2, 0.25) is 0 Å². The van der Waals surface area contributed by atoms with Crippen molar-refractivity contribution in [3.63, 3.8) is 0 Å². The molecule has 2 N–H and O–H groups in total. The fourth-order valence-electron chi connectivity index (χ4n) is 2.03. The van der Waals surface area contributed by atoms with Gasteiger partial charge in [0.25, 0.3) is 0 Å². The van der Waals surface area contributed by atoms with E-state index < -0.39 is 0 Å². The van der Waals surface area contributed by atoms with Gasteiger partial charge in [0.15, 0.2) is 0 Å². The van der Waals surface area contributed by atoms with Crippen molar-refractivity contribution < 1.29 is 4.39 Å². The average Bonchev–Trinajstić information content (AvgIpc) is 2.76. The summed E-state index contributed by atoms with van der Waals surface area (Å²) in [4.78, 5) is 7.28. The van der Waals surface area contributed by atoms with E-state index in [1.54, 1.807) is 0 Å². The molecule has 3 heterocycles. The molecule has 0 unspecified atom stereocenters. The van der Waals surface area contributed by atoms with E-state index in [4.69, 9.17) is 0 Å². The van der Waals surface area contributed by atoms with Crippen LogP contribution in [0.1, 0.15) is 12.1 Å². The molecule has 4 heteroatoms. The highest BCUT2D eigenvalue weighted by molar-refractivity contribution is 5.82. The van der Waals surface area contributed by atoms with Crippen molar-refractivity contribution in [2.24, 2.45) is 0 Å². The molecule has 0 aliphatic carbocycles. The van der Waals surface area contributed by atoms with E-state index in [1.165, 1.54) is 17.8 Å². The van der Waals surface area contributed by atoms with Crippen molar-refractivity contribution in [1.29, 1.82) is 0 Å². The highest BCUT2D eigenvalue weighted by Gasteiger charge is 2.11. The van der Waals surface area contributed by atoms with Crippen LogP contribution in [0.2, 0.25) is 0 Å². The Kier molecular flexibility index (Phi) is 2.22. The molecule has 0 fully saturated rings. The molecule has 1 aliphatic rings. The van der Waals surface area contributed by atoms with Crippen molar-refractivity contribution in [3.8, 4) is 0 Å². The Morgan fingerprint density at radius 2 is 2.31 bits per heavy atom. The number of fused-ring (bicyclic) bond motifs is 1. The van der Waals surface area contributed by atoms with Crippen molar-refractivity contribution >= 4 is 16.6 Å². The number of H-pyrrole nitrogens is 1. The molecule has 0 saturated carbocycles. The average molecular weight is 217 g/mol. The summed E-state index contributed by atoms with van der Waals surface area (Å²) in [5, 5.41) is 3.82. The molecule has 0 atom stereocenters. The normalized spacial score (nSPS) is 16.4. The molecule has 2 aromatic heterocycles. The number of nitrogens with one attached hydrogen (secondary N) is 2. The van der Waals surface area contributed by atoms with Crippen LogP contribution >= 0.6 is 0 Å². The van der Waals surface area contributed by atoms with Gasteiger partial charge in [-0.2, -0.15) is 0 Å². The SMILES string of the molecule is Fc1ccnc2[nH]c(C3=CCNCC3)cc12. The summed E-state index contributed by atoms with van der Waals surface area (Å²) >= 11 is 0. The van der Waals surface area contributed by atoms with Crippen LogP contribution in [0, 0.1) is 5.82 Å². The van der Waals surface area contributed by atoms with Crippen LogP contribution in [0.5, 0.6) is 0 Å². The predicted molar refractivity (Wildman–Crippen MR) is 61.5 cm³/mol. The highest BCUT2D eigenvalue weighted by atomic mass is 19.1. The van der Waals surface area contributed by atoms with E-state index >= 15 is 0 Å². The fourth-order valence-corrected chi connectivity index (χ4v) is 2.03. The van der Waals surface area contributed by atoms with Gasteiger partial charge in [-0.05, 0) is 30.7 Å². The predicted octanol–water partition coefficient (Wildman–Crippen LogP) is 2.08. The van der Waals surface area contributed by atoms with E-state index in [0.29, 0.717) is 11.0 Å². The van der Waals surface area contributed by atoms with Gasteiger partial charge in [-0.15, -0.1) is 0 Å². The zero-order chi connectivity index (χ0) is 11.0. The maximum absolute atomic E-state index is 13.5. The Bertz CT molecular complexity index is 556. The van der Waals surface area contributed by atoms with E-state index in [9.17, 15) is 4.39 Å². The first-order valence-electron chi connectivity index (χ1n) is 5.38. The van der Waals surface area contributed by atoms with Crippen LogP contribution in [-0.4, -0.2) is 23.1 Å². The van der Waals surface area contributed by atoms with Gasteiger partial charge in [0.05, 0.1) is 5.39 Å². The Morgan fingerprint density at radius 3 is 3.06 bits per heavy atom. The third kappa shape index (κ3) is 1.51. The van der Waals surface area contributed by atoms with Crippen molar-refractivity contribution in [3.05, 3.63) is 35.9 Å². The Morgan fingerprint density at radius 1 is 1.38 bits per heavy atom. The standard InChI is InChI=1S/C12H12FN3/c13-10-3-6-15-12-9(10)7-11(16-12)8-1-4-14-5-2-8/h1,3,6-7,14H,2,4-5H2,(H,15,16). The van der Waals surface area contributed by atoms with Crippen LogP contribution in [0.3, 0.4) is 0 Å². The Labute approximate surface area is 92.4 Å². The molecule has 3 nitrogen and oxygen atoms in total. The van der Waals surface area contributed by atoms with Crippen LogP contribution in [-0.2, 0) is 0 Å². The monoisotopic (exact) mass is 217 g/mol. The van der Waals surface area contributed by atoms with Gasteiger partial charge in [-0.3, -0.25) is 0 Å². The molecule has 2 aromatic rings. The molecule has 0 aromatic carbocycles. The smallest absolute Gasteiger partial charge is 0.140 e. The second kappa shape index (κ2) is 3.72. The lowest BCUT2D eigenvalue weighted by atomic mass is 10.1. The second-order valence-electron chi connectivity index (χ2n) is 3.92. The maximum atomic E-state index is 13.5. The quantitative estimate of drug-likeness (QED) is 0.767. The molecule has 0 saturated heterocycles. The number of pyridine rings is 1. The molecule has 0 amide bonds. The zero-order valence-electron chi connectivity index (χ0n) is 8.76. The van der Waals surface area contributed by atoms with Crippen molar-refractivity contribution in [2.75, 3.05) is 13.1 Å². The molecule has 1 aliphatic heterocycles. The van der Waals surface area contributed by atoms with Crippen molar-refractivity contribution in [2.45, 2.75) is 6.42 Å². The molecule has 82 valence electrons. The van der Waals surface area contributed by atoms with Gasteiger partial charge >= 0.3 is 0 Å². The van der Waals surface area contributed by atoms with Gasteiger partial charge in [0.1, 0.15) is 11.5 Å². The molecule has 0 bridgehead atoms. The number of nitrogens with zero attached hydrogens (tertiary/aromatic N) is 1. The van der Waals surface area contributed by atoms with E-state index in [0.717, 1.165) is 25.2 Å². The summed E-state index contributed by atoms with van der Waals surface area (Å²) in [6, 6.07) is 3.23. The number of aromatic nitrogens is 2. The van der Waals surface area contributed by atoms with E-state index in [-0.39, 0.29) is 5.82 Å². The van der Waals surface area contributed by atoms with E-state index in [2.05, 4.69) is 21.4 Å². The summed E-state index contributed by atoms with van der Waals surface area (Å²) in [6.07, 6.45) is 4.58. The number of hydrogen-bond acceptors (Lipinski definition) is 2. The van der Waals surface area contributed by atoms with Crippen LogP contribution in [0.15, 0.2) is 24.4 Å². The summed E-state index contributed by atoms with van der Waals surface area (Å²) in [5.74, 6) is -0.220. The highest BCUT2D eigenvalue weighted by Crippen LogP contribution is 2.24. The first kappa shape index (κ1) is 9.54. The third-order valence-corrected chi connectivity index (χ3v) is 2.89. The summed E-state index contributed by atoms with van der Waals surface area (Å²) in [5.41, 5.74) is 2.83. The minimum Gasteiger partial charge on any atom is -0.339 e. The van der Waals surface area contributed by atoms with Gasteiger partial charge < -0.3 is 10.3 Å². The minimum absolute atomic E-state index is 0.220. The Hall–Kier alpha value is -1.68. The molecule has 0 spiro atoms. The zero-order valence-corrected chi connectivity index (χ0v) is 8.76. The van der Waals surface area contributed by atoms with E-state index in [1.807, 2.05) is 6.07 Å². The number of hydrogen-bond donors (Lipinski definition) is 2. The second-order valence-corrected chi connectivity index (χ2v) is 3.92. The molecular weight excluding hydrogens is 205 g/mol. The molecular formula is C12H12FN3. The van der Waals surface area contributed by atoms with Crippen LogP contribution < -0.4 is 5.32 Å². The lowest BCUT2D eigenvalue weighted by Gasteiger charge is -2.12. The van der Waals surface area contributed by atoms with Crippen LogP contribution in [0.4, 0.5) is 4.39 Å². The maximum Gasteiger partial charge on any atom is 0.140 e. The summed E-state index contributed by atoms with van der Waals surface area (Å²) < 4.78 is 13.5. The van der Waals surface area contributed by atoms with Crippen molar-refractivity contribution in [1.82, 2.24) is 15.3 Å². The molecule has 0 radical (unpaired) electrons. The fraction of sp³-hybridized carbons (Fsp3) is 0.250. The largest absolute Gasteiger partial charge is 0.339 e. The minimum atomic E-state index is -0.220. The van der Waals surface area contributed by atoms with Crippen LogP contribution in [0.25, 0.3) is 16.6 Å². The first-order chi connectivity index (χ1) is 7.84. The summed E-state index contributed by atoms with van der Waals surface area (Å²) in [6.45, 7) is 1.84. The third-order valence-electron chi connectivity index (χ3n) is 2.89. The number of rotatable bonds is 1. The number of halogens is 1. The molecule has 16 heavy (non-hydrogen) atoms. The summed E-state index contributed by atoms with van der Waals surface area (Å²) in [7, 11) is 0. The topological polar surface area (TPSA) is 40.7 Å². The van der Waals surface area contributed by atoms with Gasteiger partial charge in [0, 0.05) is 18.4 Å². The lowest BCUT2D eigenvalue weighted by molar-refractivity contribution is 0.638. The lowest BCUT2D eigenvalue weighted by Crippen LogP contribution is -2.20. The number of aromatic amines is 1. The Balaban J connectivity index is 2.11.